The molecule has 2 N–H and O–H groups in total. The number of benzene rings is 1. The van der Waals surface area contributed by atoms with Gasteiger partial charge in [0.15, 0.2) is 0 Å². The SMILES string of the molecule is Cc1ncc(N)c(-c2ccccc2C)n1. The fourth-order valence-electron chi connectivity index (χ4n) is 1.53. The number of aromatic nitrogens is 2. The Morgan fingerprint density at radius 2 is 1.87 bits per heavy atom. The van der Waals surface area contributed by atoms with Crippen LogP contribution < -0.4 is 5.73 Å². The van der Waals surface area contributed by atoms with E-state index in [0.29, 0.717) is 5.69 Å². The highest BCUT2D eigenvalue weighted by Gasteiger charge is 2.07. The molecule has 0 radical (unpaired) electrons. The van der Waals surface area contributed by atoms with Gasteiger partial charge in [0.2, 0.25) is 0 Å². The molecule has 0 amide bonds. The van der Waals surface area contributed by atoms with Crippen molar-refractivity contribution in [2.24, 2.45) is 0 Å². The Bertz CT molecular complexity index is 492. The first kappa shape index (κ1) is 9.65. The molecule has 2 aromatic rings. The van der Waals surface area contributed by atoms with E-state index in [1.54, 1.807) is 6.20 Å². The average Bonchev–Trinajstić information content (AvgIpc) is 2.23. The van der Waals surface area contributed by atoms with Gasteiger partial charge in [0.05, 0.1) is 17.6 Å². The Morgan fingerprint density at radius 3 is 2.60 bits per heavy atom. The summed E-state index contributed by atoms with van der Waals surface area (Å²) in [5.41, 5.74) is 9.54. The third-order valence-corrected chi connectivity index (χ3v) is 2.34. The molecule has 15 heavy (non-hydrogen) atoms. The maximum absolute atomic E-state index is 5.87. The number of nitrogens with two attached hydrogens (primary N) is 1. The number of hydrogen-bond donors (Lipinski definition) is 1. The number of nitrogens with zero attached hydrogens (tertiary/aromatic N) is 2. The van der Waals surface area contributed by atoms with Crippen LogP contribution in [0.25, 0.3) is 11.3 Å². The van der Waals surface area contributed by atoms with Gasteiger partial charge in [-0.3, -0.25) is 0 Å². The minimum atomic E-state index is 0.620. The molecule has 0 aliphatic rings. The van der Waals surface area contributed by atoms with Crippen molar-refractivity contribution in [2.45, 2.75) is 13.8 Å². The monoisotopic (exact) mass is 199 g/mol. The van der Waals surface area contributed by atoms with Gasteiger partial charge >= 0.3 is 0 Å². The van der Waals surface area contributed by atoms with Crippen molar-refractivity contribution in [3.63, 3.8) is 0 Å². The van der Waals surface area contributed by atoms with Crippen LogP contribution in [0.15, 0.2) is 30.5 Å². The lowest BCUT2D eigenvalue weighted by Crippen LogP contribution is -1.98. The molecule has 2 rings (SSSR count). The molecule has 76 valence electrons. The van der Waals surface area contributed by atoms with Crippen molar-refractivity contribution >= 4 is 5.69 Å². The van der Waals surface area contributed by atoms with Gasteiger partial charge in [-0.2, -0.15) is 0 Å². The quantitative estimate of drug-likeness (QED) is 0.767. The lowest BCUT2D eigenvalue weighted by molar-refractivity contribution is 1.06. The molecule has 3 heteroatoms. The normalized spacial score (nSPS) is 10.3. The number of rotatable bonds is 1. The van der Waals surface area contributed by atoms with E-state index >= 15 is 0 Å². The largest absolute Gasteiger partial charge is 0.396 e. The maximum atomic E-state index is 5.87. The molecule has 0 aliphatic heterocycles. The van der Waals surface area contributed by atoms with E-state index in [2.05, 4.69) is 9.97 Å². The maximum Gasteiger partial charge on any atom is 0.126 e. The molecule has 1 aromatic heterocycles. The van der Waals surface area contributed by atoms with Gasteiger partial charge in [-0.25, -0.2) is 9.97 Å². The summed E-state index contributed by atoms with van der Waals surface area (Å²) in [6.45, 7) is 3.91. The molecule has 0 saturated heterocycles. The van der Waals surface area contributed by atoms with Gasteiger partial charge in [-0.15, -0.1) is 0 Å². The van der Waals surface area contributed by atoms with Crippen LogP contribution in [0.5, 0.6) is 0 Å². The Morgan fingerprint density at radius 1 is 1.13 bits per heavy atom. The van der Waals surface area contributed by atoms with Gasteiger partial charge in [-0.1, -0.05) is 24.3 Å². The Kier molecular flexibility index (Phi) is 2.37. The van der Waals surface area contributed by atoms with Crippen molar-refractivity contribution in [1.29, 1.82) is 0 Å². The summed E-state index contributed by atoms with van der Waals surface area (Å²) >= 11 is 0. The van der Waals surface area contributed by atoms with Crippen molar-refractivity contribution in [3.8, 4) is 11.3 Å². The summed E-state index contributed by atoms with van der Waals surface area (Å²) in [5.74, 6) is 0.738. The minimum absolute atomic E-state index is 0.620. The fourth-order valence-corrected chi connectivity index (χ4v) is 1.53. The Hall–Kier alpha value is -1.90. The molecular weight excluding hydrogens is 186 g/mol. The zero-order chi connectivity index (χ0) is 10.8. The fraction of sp³-hybridized carbons (Fsp3) is 0.167. The molecule has 0 saturated carbocycles. The molecule has 0 fully saturated rings. The highest BCUT2D eigenvalue weighted by molar-refractivity contribution is 5.74. The Labute approximate surface area is 89.0 Å². The predicted octanol–water partition coefficient (Wildman–Crippen LogP) is 2.34. The topological polar surface area (TPSA) is 51.8 Å². The molecule has 0 spiro atoms. The van der Waals surface area contributed by atoms with E-state index in [4.69, 9.17) is 5.73 Å². The first-order chi connectivity index (χ1) is 7.18. The smallest absolute Gasteiger partial charge is 0.126 e. The molecule has 1 heterocycles. The second-order valence-corrected chi connectivity index (χ2v) is 3.54. The molecule has 0 atom stereocenters. The first-order valence-electron chi connectivity index (χ1n) is 4.83. The molecule has 0 unspecified atom stereocenters. The third-order valence-electron chi connectivity index (χ3n) is 2.34. The standard InChI is InChI=1S/C12H13N3/c1-8-5-3-4-6-10(8)12-11(13)7-14-9(2)15-12/h3-7H,13H2,1-2H3. The molecule has 3 nitrogen and oxygen atoms in total. The highest BCUT2D eigenvalue weighted by Crippen LogP contribution is 2.25. The number of hydrogen-bond acceptors (Lipinski definition) is 3. The lowest BCUT2D eigenvalue weighted by atomic mass is 10.0. The zero-order valence-electron chi connectivity index (χ0n) is 8.86. The van der Waals surface area contributed by atoms with Crippen LogP contribution in [0.2, 0.25) is 0 Å². The minimum Gasteiger partial charge on any atom is -0.396 e. The number of nitrogen functional groups attached to an aromatic ring is 1. The summed E-state index contributed by atoms with van der Waals surface area (Å²) in [7, 11) is 0. The van der Waals surface area contributed by atoms with Crippen LogP contribution in [-0.4, -0.2) is 9.97 Å². The van der Waals surface area contributed by atoms with E-state index < -0.39 is 0 Å². The van der Waals surface area contributed by atoms with Gasteiger partial charge in [0.25, 0.3) is 0 Å². The molecular formula is C12H13N3. The van der Waals surface area contributed by atoms with E-state index in [1.165, 1.54) is 5.56 Å². The van der Waals surface area contributed by atoms with E-state index in [-0.39, 0.29) is 0 Å². The summed E-state index contributed by atoms with van der Waals surface area (Å²) in [5, 5.41) is 0. The van der Waals surface area contributed by atoms with Gasteiger partial charge in [-0.05, 0) is 19.4 Å². The lowest BCUT2D eigenvalue weighted by Gasteiger charge is -2.07. The second kappa shape index (κ2) is 3.69. The van der Waals surface area contributed by atoms with Crippen LogP contribution in [0.4, 0.5) is 5.69 Å². The van der Waals surface area contributed by atoms with Gasteiger partial charge in [0, 0.05) is 5.56 Å². The summed E-state index contributed by atoms with van der Waals surface area (Å²) in [6, 6.07) is 8.06. The number of anilines is 1. The van der Waals surface area contributed by atoms with Gasteiger partial charge < -0.3 is 5.73 Å². The second-order valence-electron chi connectivity index (χ2n) is 3.54. The molecule has 0 bridgehead atoms. The van der Waals surface area contributed by atoms with Crippen LogP contribution in [0.3, 0.4) is 0 Å². The van der Waals surface area contributed by atoms with Crippen molar-refractivity contribution in [2.75, 3.05) is 5.73 Å². The van der Waals surface area contributed by atoms with Crippen molar-refractivity contribution in [1.82, 2.24) is 9.97 Å². The van der Waals surface area contributed by atoms with E-state index in [9.17, 15) is 0 Å². The average molecular weight is 199 g/mol. The van der Waals surface area contributed by atoms with Crippen molar-refractivity contribution in [3.05, 3.63) is 41.9 Å². The van der Waals surface area contributed by atoms with Crippen LogP contribution in [0, 0.1) is 13.8 Å². The van der Waals surface area contributed by atoms with E-state index in [0.717, 1.165) is 17.1 Å². The van der Waals surface area contributed by atoms with Crippen LogP contribution in [-0.2, 0) is 0 Å². The zero-order valence-corrected chi connectivity index (χ0v) is 8.86. The summed E-state index contributed by atoms with van der Waals surface area (Å²) in [4.78, 5) is 8.43. The first-order valence-corrected chi connectivity index (χ1v) is 4.83. The molecule has 1 aromatic carbocycles. The third kappa shape index (κ3) is 1.81. The highest BCUT2D eigenvalue weighted by atomic mass is 14.9. The number of aryl methyl sites for hydroxylation is 2. The summed E-state index contributed by atoms with van der Waals surface area (Å²) < 4.78 is 0. The summed E-state index contributed by atoms with van der Waals surface area (Å²) in [6.07, 6.45) is 1.66. The Balaban J connectivity index is 2.64. The van der Waals surface area contributed by atoms with Crippen LogP contribution in [0.1, 0.15) is 11.4 Å². The predicted molar refractivity (Wildman–Crippen MR) is 61.4 cm³/mol. The van der Waals surface area contributed by atoms with Crippen LogP contribution >= 0.6 is 0 Å². The van der Waals surface area contributed by atoms with E-state index in [1.807, 2.05) is 38.1 Å². The van der Waals surface area contributed by atoms with Gasteiger partial charge in [0.1, 0.15) is 5.82 Å². The van der Waals surface area contributed by atoms with Crippen molar-refractivity contribution < 1.29 is 0 Å². The molecule has 0 aliphatic carbocycles.